The van der Waals surface area contributed by atoms with Crippen LogP contribution in [0, 0.1) is 0 Å². The van der Waals surface area contributed by atoms with E-state index in [1.165, 1.54) is 18.5 Å². The van der Waals surface area contributed by atoms with E-state index in [1.54, 1.807) is 11.9 Å². The number of rotatable bonds is 3. The Bertz CT molecular complexity index is 492. The largest absolute Gasteiger partial charge is 0.506 e. The molecule has 2 N–H and O–H groups in total. The van der Waals surface area contributed by atoms with Crippen LogP contribution in [0.5, 0.6) is 5.75 Å². The second kappa shape index (κ2) is 5.66. The van der Waals surface area contributed by atoms with E-state index in [-0.39, 0.29) is 35.8 Å². The molecule has 19 heavy (non-hydrogen) atoms. The van der Waals surface area contributed by atoms with E-state index >= 15 is 0 Å². The average Bonchev–Trinajstić information content (AvgIpc) is 2.40. The van der Waals surface area contributed by atoms with Gasteiger partial charge in [-0.3, -0.25) is 14.6 Å². The summed E-state index contributed by atoms with van der Waals surface area (Å²) in [5.41, 5.74) is 0.278. The number of hydrogen-bond donors (Lipinski definition) is 2. The molecule has 1 fully saturated rings. The van der Waals surface area contributed by atoms with Crippen LogP contribution in [0.15, 0.2) is 18.5 Å². The van der Waals surface area contributed by atoms with Crippen molar-refractivity contribution in [3.63, 3.8) is 0 Å². The van der Waals surface area contributed by atoms with Crippen LogP contribution in [0.1, 0.15) is 10.4 Å². The monoisotopic (exact) mass is 265 g/mol. The van der Waals surface area contributed by atoms with Crippen LogP contribution in [0.25, 0.3) is 0 Å². The Morgan fingerprint density at radius 1 is 1.63 bits per heavy atom. The van der Waals surface area contributed by atoms with Gasteiger partial charge in [-0.25, -0.2) is 0 Å². The molecule has 7 heteroatoms. The summed E-state index contributed by atoms with van der Waals surface area (Å²) in [5, 5.41) is 11.9. The van der Waals surface area contributed by atoms with E-state index in [9.17, 15) is 14.7 Å². The molecule has 0 aliphatic carbocycles. The predicted molar refractivity (Wildman–Crippen MR) is 65.6 cm³/mol. The zero-order valence-corrected chi connectivity index (χ0v) is 10.5. The lowest BCUT2D eigenvalue weighted by atomic mass is 10.2. The molecular weight excluding hydrogens is 250 g/mol. The molecule has 1 saturated heterocycles. The third-order valence-electron chi connectivity index (χ3n) is 2.82. The molecule has 1 aliphatic rings. The number of likely N-dealkylation sites (N-methyl/N-ethyl adjacent to an activating group) is 1. The summed E-state index contributed by atoms with van der Waals surface area (Å²) in [6.07, 6.45) is 2.39. The van der Waals surface area contributed by atoms with Crippen molar-refractivity contribution in [2.24, 2.45) is 0 Å². The standard InChI is InChI=1S/C12H15N3O4/c1-15-6-10(19-7-11(15)17)5-14-12(18)8-2-9(16)4-13-3-8/h2-4,10,16H,5-7H2,1H3,(H,14,18)/t10-/m1/s1. The number of ether oxygens (including phenoxy) is 1. The number of aromatic nitrogens is 1. The topological polar surface area (TPSA) is 91.8 Å². The first kappa shape index (κ1) is 13.3. The summed E-state index contributed by atoms with van der Waals surface area (Å²) in [6, 6.07) is 1.33. The number of carbonyl (C=O) groups excluding carboxylic acids is 2. The highest BCUT2D eigenvalue weighted by molar-refractivity contribution is 5.94. The lowest BCUT2D eigenvalue weighted by molar-refractivity contribution is -0.146. The highest BCUT2D eigenvalue weighted by Gasteiger charge is 2.23. The van der Waals surface area contributed by atoms with Crippen molar-refractivity contribution in [2.45, 2.75) is 6.10 Å². The van der Waals surface area contributed by atoms with Gasteiger partial charge in [-0.15, -0.1) is 0 Å². The molecule has 2 heterocycles. The van der Waals surface area contributed by atoms with Gasteiger partial charge in [0.2, 0.25) is 5.91 Å². The molecule has 0 spiro atoms. The van der Waals surface area contributed by atoms with Crippen LogP contribution in [-0.4, -0.2) is 59.7 Å². The maximum atomic E-state index is 11.8. The van der Waals surface area contributed by atoms with Crippen LogP contribution in [0.2, 0.25) is 0 Å². The van der Waals surface area contributed by atoms with Gasteiger partial charge in [0.05, 0.1) is 17.9 Å². The van der Waals surface area contributed by atoms with E-state index in [0.29, 0.717) is 13.1 Å². The molecule has 1 aromatic heterocycles. The zero-order valence-electron chi connectivity index (χ0n) is 10.5. The second-order valence-corrected chi connectivity index (χ2v) is 4.35. The van der Waals surface area contributed by atoms with Crippen LogP contribution < -0.4 is 5.32 Å². The number of nitrogens with zero attached hydrogens (tertiary/aromatic N) is 2. The Morgan fingerprint density at radius 3 is 3.11 bits per heavy atom. The SMILES string of the molecule is CN1C[C@@H](CNC(=O)c2cncc(O)c2)OCC1=O. The Morgan fingerprint density at radius 2 is 2.42 bits per heavy atom. The van der Waals surface area contributed by atoms with Crippen LogP contribution in [0.3, 0.4) is 0 Å². The van der Waals surface area contributed by atoms with Gasteiger partial charge in [-0.05, 0) is 6.07 Å². The summed E-state index contributed by atoms with van der Waals surface area (Å²) < 4.78 is 5.30. The highest BCUT2D eigenvalue weighted by Crippen LogP contribution is 2.08. The summed E-state index contributed by atoms with van der Waals surface area (Å²) in [5.74, 6) is -0.474. The van der Waals surface area contributed by atoms with Gasteiger partial charge in [0.1, 0.15) is 12.4 Å². The van der Waals surface area contributed by atoms with E-state index in [2.05, 4.69) is 10.3 Å². The fourth-order valence-corrected chi connectivity index (χ4v) is 1.74. The lowest BCUT2D eigenvalue weighted by Gasteiger charge is -2.29. The molecule has 7 nitrogen and oxygen atoms in total. The van der Waals surface area contributed by atoms with Gasteiger partial charge in [-0.1, -0.05) is 0 Å². The molecule has 0 aromatic carbocycles. The minimum absolute atomic E-state index is 0.0325. The average molecular weight is 265 g/mol. The number of amides is 2. The van der Waals surface area contributed by atoms with Gasteiger partial charge >= 0.3 is 0 Å². The lowest BCUT2D eigenvalue weighted by Crippen LogP contribution is -2.48. The van der Waals surface area contributed by atoms with Crippen molar-refractivity contribution >= 4 is 11.8 Å². The number of hydrogen-bond acceptors (Lipinski definition) is 5. The minimum Gasteiger partial charge on any atom is -0.506 e. The maximum Gasteiger partial charge on any atom is 0.253 e. The molecule has 0 bridgehead atoms. The quantitative estimate of drug-likeness (QED) is 0.759. The first-order valence-electron chi connectivity index (χ1n) is 5.84. The maximum absolute atomic E-state index is 11.8. The van der Waals surface area contributed by atoms with Crippen molar-refractivity contribution < 1.29 is 19.4 Å². The summed E-state index contributed by atoms with van der Waals surface area (Å²) in [6.45, 7) is 0.772. The number of carbonyl (C=O) groups is 2. The van der Waals surface area contributed by atoms with Crippen LogP contribution in [-0.2, 0) is 9.53 Å². The van der Waals surface area contributed by atoms with Gasteiger partial charge in [-0.2, -0.15) is 0 Å². The smallest absolute Gasteiger partial charge is 0.253 e. The van der Waals surface area contributed by atoms with E-state index < -0.39 is 0 Å². The van der Waals surface area contributed by atoms with E-state index in [4.69, 9.17) is 4.74 Å². The molecule has 1 aliphatic heterocycles. The minimum atomic E-state index is -0.341. The van der Waals surface area contributed by atoms with Gasteiger partial charge in [0.15, 0.2) is 0 Å². The second-order valence-electron chi connectivity index (χ2n) is 4.35. The summed E-state index contributed by atoms with van der Waals surface area (Å²) >= 11 is 0. The number of aromatic hydroxyl groups is 1. The fourth-order valence-electron chi connectivity index (χ4n) is 1.74. The van der Waals surface area contributed by atoms with Crippen molar-refractivity contribution in [1.82, 2.24) is 15.2 Å². The Hall–Kier alpha value is -2.15. The first-order chi connectivity index (χ1) is 9.06. The van der Waals surface area contributed by atoms with Crippen LogP contribution >= 0.6 is 0 Å². The zero-order chi connectivity index (χ0) is 13.8. The van der Waals surface area contributed by atoms with Gasteiger partial charge < -0.3 is 20.1 Å². The highest BCUT2D eigenvalue weighted by atomic mass is 16.5. The van der Waals surface area contributed by atoms with E-state index in [0.717, 1.165) is 0 Å². The molecule has 1 atom stereocenters. The van der Waals surface area contributed by atoms with Crippen molar-refractivity contribution in [1.29, 1.82) is 0 Å². The fraction of sp³-hybridized carbons (Fsp3) is 0.417. The normalized spacial score (nSPS) is 19.3. The predicted octanol–water partition coefficient (Wildman–Crippen LogP) is -0.626. The molecule has 1 aromatic rings. The first-order valence-corrected chi connectivity index (χ1v) is 5.84. The number of pyridine rings is 1. The van der Waals surface area contributed by atoms with Crippen molar-refractivity contribution in [3.8, 4) is 5.75 Å². The van der Waals surface area contributed by atoms with Gasteiger partial charge in [0.25, 0.3) is 5.91 Å². The van der Waals surface area contributed by atoms with Crippen molar-refractivity contribution in [2.75, 3.05) is 26.7 Å². The van der Waals surface area contributed by atoms with Crippen molar-refractivity contribution in [3.05, 3.63) is 24.0 Å². The Labute approximate surface area is 110 Å². The molecule has 0 saturated carbocycles. The third kappa shape index (κ3) is 3.41. The Kier molecular flexibility index (Phi) is 3.96. The number of morpholine rings is 1. The third-order valence-corrected chi connectivity index (χ3v) is 2.82. The molecule has 2 rings (SSSR count). The van der Waals surface area contributed by atoms with E-state index in [1.807, 2.05) is 0 Å². The molecule has 2 amide bonds. The molecule has 0 radical (unpaired) electrons. The summed E-state index contributed by atoms with van der Waals surface area (Å²) in [4.78, 5) is 28.3. The number of nitrogens with one attached hydrogen (secondary N) is 1. The molecule has 0 unspecified atom stereocenters. The molecular formula is C12H15N3O4. The summed E-state index contributed by atoms with van der Waals surface area (Å²) in [7, 11) is 1.69. The molecule has 102 valence electrons. The van der Waals surface area contributed by atoms with Crippen LogP contribution in [0.4, 0.5) is 0 Å². The van der Waals surface area contributed by atoms with Gasteiger partial charge in [0, 0.05) is 26.3 Å². The Balaban J connectivity index is 1.85.